The van der Waals surface area contributed by atoms with E-state index in [9.17, 15) is 9.59 Å². The minimum absolute atomic E-state index is 0.124. The lowest BCUT2D eigenvalue weighted by Crippen LogP contribution is -2.65. The fourth-order valence-electron chi connectivity index (χ4n) is 15.5. The third-order valence-electron chi connectivity index (χ3n) is 16.2. The molecular formula is C44H64O8. The van der Waals surface area contributed by atoms with Crippen LogP contribution in [0.3, 0.4) is 0 Å². The Morgan fingerprint density at radius 2 is 0.750 bits per heavy atom. The summed E-state index contributed by atoms with van der Waals surface area (Å²) in [6.07, 6.45) is 15.4. The molecule has 0 atom stereocenters. The lowest BCUT2D eigenvalue weighted by atomic mass is 9.44. The van der Waals surface area contributed by atoms with E-state index < -0.39 is 33.2 Å². The summed E-state index contributed by atoms with van der Waals surface area (Å²) in [5.41, 5.74) is -4.39. The van der Waals surface area contributed by atoms with Crippen LogP contribution < -0.4 is 0 Å². The van der Waals surface area contributed by atoms with E-state index in [1.165, 1.54) is 12.8 Å². The van der Waals surface area contributed by atoms with Crippen molar-refractivity contribution in [2.45, 2.75) is 180 Å². The molecule has 288 valence electrons. The van der Waals surface area contributed by atoms with Crippen LogP contribution in [0.2, 0.25) is 0 Å². The SMILES string of the molecule is CC(C)(C)OC(=O)CC1(OC(=O)C23CC4CC(C2)CC(C(=O)OC2(CC(=O)OC(C)(C)C)C5CC6CC(C5)CC2C6)(C4)C3)C2CC3CC(C2)CC1C3. The van der Waals surface area contributed by atoms with Crippen LogP contribution in [-0.4, -0.2) is 46.3 Å². The van der Waals surface area contributed by atoms with Crippen LogP contribution in [0.15, 0.2) is 0 Å². The number of esters is 4. The van der Waals surface area contributed by atoms with Gasteiger partial charge < -0.3 is 18.9 Å². The number of rotatable bonds is 8. The molecule has 0 aliphatic heterocycles. The molecule has 12 bridgehead atoms. The van der Waals surface area contributed by atoms with Crippen molar-refractivity contribution in [3.05, 3.63) is 0 Å². The summed E-state index contributed by atoms with van der Waals surface area (Å²) in [5, 5.41) is 0. The first-order valence-corrected chi connectivity index (χ1v) is 21.3. The highest BCUT2D eigenvalue weighted by Crippen LogP contribution is 2.69. The average Bonchev–Trinajstić information content (AvgIpc) is 2.99. The van der Waals surface area contributed by atoms with Crippen molar-refractivity contribution in [3.63, 3.8) is 0 Å². The molecule has 12 rings (SSSR count). The van der Waals surface area contributed by atoms with Crippen LogP contribution in [0.25, 0.3) is 0 Å². The summed E-state index contributed by atoms with van der Waals surface area (Å²) in [5.74, 6) is 2.98. The zero-order chi connectivity index (χ0) is 36.6. The first kappa shape index (κ1) is 35.6. The van der Waals surface area contributed by atoms with E-state index in [1.54, 1.807) is 0 Å². The zero-order valence-electron chi connectivity index (χ0n) is 32.8. The Labute approximate surface area is 310 Å². The molecule has 52 heavy (non-hydrogen) atoms. The first-order chi connectivity index (χ1) is 24.3. The highest BCUT2D eigenvalue weighted by atomic mass is 16.6. The van der Waals surface area contributed by atoms with Crippen molar-refractivity contribution in [1.82, 2.24) is 0 Å². The van der Waals surface area contributed by atoms with E-state index in [4.69, 9.17) is 18.9 Å². The molecule has 0 heterocycles. The molecule has 0 aromatic carbocycles. The highest BCUT2D eigenvalue weighted by Gasteiger charge is 2.69. The molecule has 12 saturated carbocycles. The average molecular weight is 721 g/mol. The molecule has 12 aliphatic rings. The number of carbonyl (C=O) groups is 4. The van der Waals surface area contributed by atoms with Crippen molar-refractivity contribution >= 4 is 23.9 Å². The van der Waals surface area contributed by atoms with E-state index in [-0.39, 0.29) is 72.2 Å². The second-order valence-electron chi connectivity index (χ2n) is 22.3. The largest absolute Gasteiger partial charge is 0.460 e. The molecule has 0 unspecified atom stereocenters. The minimum Gasteiger partial charge on any atom is -0.460 e. The van der Waals surface area contributed by atoms with Crippen molar-refractivity contribution in [2.75, 3.05) is 0 Å². The van der Waals surface area contributed by atoms with E-state index in [0.717, 1.165) is 83.5 Å². The van der Waals surface area contributed by atoms with Crippen LogP contribution in [0.5, 0.6) is 0 Å². The summed E-state index contributed by atoms with van der Waals surface area (Å²) in [6, 6.07) is 0. The normalized spacial score (nSPS) is 47.7. The Bertz CT molecular complexity index is 1330. The second-order valence-corrected chi connectivity index (χ2v) is 22.3. The van der Waals surface area contributed by atoms with Gasteiger partial charge in [0.1, 0.15) is 22.4 Å². The lowest BCUT2D eigenvalue weighted by molar-refractivity contribution is -0.244. The van der Waals surface area contributed by atoms with Crippen molar-refractivity contribution in [2.24, 2.45) is 70.0 Å². The topological polar surface area (TPSA) is 105 Å². The van der Waals surface area contributed by atoms with Crippen LogP contribution in [0.1, 0.15) is 157 Å². The summed E-state index contributed by atoms with van der Waals surface area (Å²) >= 11 is 0. The van der Waals surface area contributed by atoms with Gasteiger partial charge in [-0.1, -0.05) is 0 Å². The smallest absolute Gasteiger partial charge is 0.312 e. The quantitative estimate of drug-likeness (QED) is 0.182. The summed E-state index contributed by atoms with van der Waals surface area (Å²) < 4.78 is 25.8. The van der Waals surface area contributed by atoms with E-state index in [1.807, 2.05) is 41.5 Å². The van der Waals surface area contributed by atoms with Gasteiger partial charge in [-0.25, -0.2) is 0 Å². The molecule has 0 radical (unpaired) electrons. The summed E-state index contributed by atoms with van der Waals surface area (Å²) in [7, 11) is 0. The Morgan fingerprint density at radius 3 is 1.04 bits per heavy atom. The van der Waals surface area contributed by atoms with Gasteiger partial charge in [0.2, 0.25) is 0 Å². The second kappa shape index (κ2) is 11.7. The fourth-order valence-corrected chi connectivity index (χ4v) is 15.5. The Morgan fingerprint density at radius 1 is 0.462 bits per heavy atom. The van der Waals surface area contributed by atoms with Gasteiger partial charge in [0, 0.05) is 23.7 Å². The standard InChI is InChI=1S/C44H64O8/c1-39(2,3)49-35(45)22-43(31-10-25-7-26(12-31)13-32(43)11-25)51-37(47)41-18-29-9-30(19-41)21-42(20-29,24-41)38(48)52-44(23-36(46)50-40(4,5)6)33-14-27-8-28(16-33)17-34(44)15-27/h25-34H,7-24H2,1-6H3. The van der Waals surface area contributed by atoms with Gasteiger partial charge in [0.05, 0.1) is 23.7 Å². The maximum atomic E-state index is 15.1. The molecule has 8 heteroatoms. The lowest BCUT2D eigenvalue weighted by Gasteiger charge is -2.64. The van der Waals surface area contributed by atoms with Crippen molar-refractivity contribution in [3.8, 4) is 0 Å². The number of hydrogen-bond acceptors (Lipinski definition) is 8. The van der Waals surface area contributed by atoms with E-state index in [2.05, 4.69) is 0 Å². The maximum Gasteiger partial charge on any atom is 0.312 e. The molecule has 8 nitrogen and oxygen atoms in total. The maximum absolute atomic E-state index is 15.1. The van der Waals surface area contributed by atoms with Gasteiger partial charge in [-0.3, -0.25) is 19.2 Å². The van der Waals surface area contributed by atoms with Crippen LogP contribution in [-0.2, 0) is 38.1 Å². The molecule has 0 spiro atoms. The predicted molar refractivity (Wildman–Crippen MR) is 192 cm³/mol. The van der Waals surface area contributed by atoms with Gasteiger partial charge in [-0.05, 0) is 180 Å². The van der Waals surface area contributed by atoms with Gasteiger partial charge in [0.25, 0.3) is 0 Å². The minimum atomic E-state index is -0.832. The van der Waals surface area contributed by atoms with Crippen LogP contribution in [0.4, 0.5) is 0 Å². The Balaban J connectivity index is 1.000. The Hall–Kier alpha value is -2.12. The van der Waals surface area contributed by atoms with Gasteiger partial charge in [-0.15, -0.1) is 0 Å². The first-order valence-electron chi connectivity index (χ1n) is 21.3. The molecule has 0 amide bonds. The molecule has 12 aliphatic carbocycles. The summed E-state index contributed by atoms with van der Waals surface area (Å²) in [6.45, 7) is 11.4. The highest BCUT2D eigenvalue weighted by molar-refractivity contribution is 5.84. The number of ether oxygens (including phenoxy) is 4. The van der Waals surface area contributed by atoms with Crippen LogP contribution in [0, 0.1) is 70.0 Å². The van der Waals surface area contributed by atoms with E-state index in [0.29, 0.717) is 30.1 Å². The predicted octanol–water partition coefficient (Wildman–Crippen LogP) is 8.51. The fraction of sp³-hybridized carbons (Fsp3) is 0.909. The van der Waals surface area contributed by atoms with Crippen molar-refractivity contribution in [1.29, 1.82) is 0 Å². The zero-order valence-corrected chi connectivity index (χ0v) is 32.8. The van der Waals surface area contributed by atoms with Gasteiger partial charge >= 0.3 is 23.9 Å². The molecule has 0 aromatic heterocycles. The van der Waals surface area contributed by atoms with Gasteiger partial charge in [0.15, 0.2) is 0 Å². The molecule has 12 fully saturated rings. The molecule has 0 saturated heterocycles. The Kier molecular flexibility index (Phi) is 8.00. The van der Waals surface area contributed by atoms with Crippen molar-refractivity contribution < 1.29 is 38.1 Å². The van der Waals surface area contributed by atoms with E-state index >= 15 is 9.59 Å². The molecule has 0 aromatic rings. The number of hydrogen-bond donors (Lipinski definition) is 0. The van der Waals surface area contributed by atoms with Gasteiger partial charge in [-0.2, -0.15) is 0 Å². The monoisotopic (exact) mass is 720 g/mol. The number of carbonyl (C=O) groups excluding carboxylic acids is 4. The molecular weight excluding hydrogens is 656 g/mol. The third kappa shape index (κ3) is 5.87. The van der Waals surface area contributed by atoms with Crippen LogP contribution >= 0.6 is 0 Å². The third-order valence-corrected chi connectivity index (χ3v) is 16.2. The summed E-state index contributed by atoms with van der Waals surface area (Å²) in [4.78, 5) is 57.3. The molecule has 0 N–H and O–H groups in total.